The van der Waals surface area contributed by atoms with E-state index in [4.69, 9.17) is 4.74 Å². The van der Waals surface area contributed by atoms with E-state index < -0.39 is 0 Å². The van der Waals surface area contributed by atoms with Crippen LogP contribution in [-0.4, -0.2) is 29.9 Å². The number of aromatic nitrogens is 1. The molecule has 3 aromatic rings. The molecule has 0 radical (unpaired) electrons. The Kier molecular flexibility index (Phi) is 5.50. The van der Waals surface area contributed by atoms with E-state index in [0.29, 0.717) is 6.42 Å². The van der Waals surface area contributed by atoms with E-state index >= 15 is 0 Å². The lowest BCUT2D eigenvalue weighted by molar-refractivity contribution is -0.131. The highest BCUT2D eigenvalue weighted by Crippen LogP contribution is 2.28. The van der Waals surface area contributed by atoms with Gasteiger partial charge in [0.2, 0.25) is 5.91 Å². The third-order valence-electron chi connectivity index (χ3n) is 4.19. The Bertz CT molecular complexity index is 825. The van der Waals surface area contributed by atoms with Crippen LogP contribution in [0, 0.1) is 0 Å². The van der Waals surface area contributed by atoms with Gasteiger partial charge in [-0.2, -0.15) is 0 Å². The minimum Gasteiger partial charge on any atom is -0.497 e. The van der Waals surface area contributed by atoms with Gasteiger partial charge in [0, 0.05) is 12.4 Å². The van der Waals surface area contributed by atoms with Gasteiger partial charge in [0.15, 0.2) is 0 Å². The molecule has 25 heavy (non-hydrogen) atoms. The Labute approximate surface area is 155 Å². The van der Waals surface area contributed by atoms with Crippen LogP contribution in [0.5, 0.6) is 5.75 Å². The Hall–Kier alpha value is -2.18. The summed E-state index contributed by atoms with van der Waals surface area (Å²) in [6.07, 6.45) is 0.318. The lowest BCUT2D eigenvalue weighted by Gasteiger charge is -2.25. The summed E-state index contributed by atoms with van der Waals surface area (Å²) in [7, 11) is 3.48. The molecule has 0 aliphatic rings. The Morgan fingerprint density at radius 1 is 1.24 bits per heavy atom. The van der Waals surface area contributed by atoms with Crippen LogP contribution in [0.2, 0.25) is 0 Å². The maximum absolute atomic E-state index is 12.6. The topological polar surface area (TPSA) is 42.4 Å². The number of thiophene rings is 1. The number of methoxy groups -OCH3 is 1. The van der Waals surface area contributed by atoms with Crippen LogP contribution in [0.1, 0.15) is 24.2 Å². The summed E-state index contributed by atoms with van der Waals surface area (Å²) in [6, 6.07) is 11.9. The van der Waals surface area contributed by atoms with Crippen molar-refractivity contribution in [1.82, 2.24) is 9.88 Å². The van der Waals surface area contributed by atoms with Gasteiger partial charge in [-0.3, -0.25) is 4.79 Å². The molecule has 0 fully saturated rings. The first-order chi connectivity index (χ1) is 12.1. The molecule has 0 N–H and O–H groups in total. The van der Waals surface area contributed by atoms with Gasteiger partial charge in [0.05, 0.1) is 30.1 Å². The van der Waals surface area contributed by atoms with Crippen LogP contribution in [0.25, 0.3) is 9.88 Å². The van der Waals surface area contributed by atoms with Crippen molar-refractivity contribution in [2.45, 2.75) is 19.4 Å². The van der Waals surface area contributed by atoms with Gasteiger partial charge in [-0.1, -0.05) is 18.2 Å². The van der Waals surface area contributed by atoms with E-state index in [1.165, 1.54) is 0 Å². The van der Waals surface area contributed by atoms with Crippen molar-refractivity contribution < 1.29 is 9.53 Å². The lowest BCUT2D eigenvalue weighted by atomic mass is 10.1. The van der Waals surface area contributed by atoms with E-state index in [2.05, 4.69) is 4.98 Å². The molecule has 2 aromatic heterocycles. The van der Waals surface area contributed by atoms with Crippen molar-refractivity contribution in [3.8, 4) is 15.6 Å². The number of hydrogen-bond donors (Lipinski definition) is 0. The molecule has 6 heteroatoms. The van der Waals surface area contributed by atoms with Crippen LogP contribution < -0.4 is 4.74 Å². The van der Waals surface area contributed by atoms with Crippen molar-refractivity contribution in [3.05, 3.63) is 58.4 Å². The van der Waals surface area contributed by atoms with Crippen LogP contribution >= 0.6 is 22.7 Å². The fourth-order valence-corrected chi connectivity index (χ4v) is 4.14. The number of thiazole rings is 1. The molecule has 1 unspecified atom stereocenters. The molecular formula is C19H20N2O2S2. The SMILES string of the molecule is COc1ccc(C(C)N(C)C(=O)Cc2csc(-c3cccs3)n2)cc1. The fraction of sp³-hybridized carbons (Fsp3) is 0.263. The first-order valence-electron chi connectivity index (χ1n) is 7.96. The van der Waals surface area contributed by atoms with Gasteiger partial charge in [0.25, 0.3) is 0 Å². The minimum absolute atomic E-state index is 0.00573. The molecule has 0 aliphatic carbocycles. The zero-order valence-corrected chi connectivity index (χ0v) is 16.1. The number of rotatable bonds is 6. The Morgan fingerprint density at radius 3 is 2.64 bits per heavy atom. The molecule has 1 atom stereocenters. The molecule has 0 saturated carbocycles. The molecule has 3 rings (SSSR count). The van der Waals surface area contributed by atoms with E-state index in [-0.39, 0.29) is 11.9 Å². The normalized spacial score (nSPS) is 12.0. The van der Waals surface area contributed by atoms with Crippen LogP contribution in [0.3, 0.4) is 0 Å². The molecule has 130 valence electrons. The second-order valence-corrected chi connectivity index (χ2v) is 7.56. The fourth-order valence-electron chi connectivity index (χ4n) is 2.50. The maximum Gasteiger partial charge on any atom is 0.228 e. The van der Waals surface area contributed by atoms with Crippen LogP contribution in [0.15, 0.2) is 47.2 Å². The summed E-state index contributed by atoms with van der Waals surface area (Å²) in [5.74, 6) is 0.875. The van der Waals surface area contributed by atoms with Gasteiger partial charge in [-0.15, -0.1) is 22.7 Å². The molecule has 4 nitrogen and oxygen atoms in total. The number of carbonyl (C=O) groups excluding carboxylic acids is 1. The molecule has 0 spiro atoms. The minimum atomic E-state index is -0.00573. The summed E-state index contributed by atoms with van der Waals surface area (Å²) in [5, 5.41) is 4.98. The molecule has 1 amide bonds. The summed E-state index contributed by atoms with van der Waals surface area (Å²) < 4.78 is 5.18. The number of carbonyl (C=O) groups is 1. The standard InChI is InChI=1S/C19H20N2O2S2/c1-13(14-6-8-16(23-3)9-7-14)21(2)18(22)11-15-12-25-19(20-15)17-5-4-10-24-17/h4-10,12-13H,11H2,1-3H3. The van der Waals surface area contributed by atoms with Gasteiger partial charge in [0.1, 0.15) is 10.8 Å². The molecule has 0 saturated heterocycles. The quantitative estimate of drug-likeness (QED) is 0.633. The second-order valence-electron chi connectivity index (χ2n) is 5.75. The van der Waals surface area contributed by atoms with Gasteiger partial charge in [-0.05, 0) is 36.1 Å². The van der Waals surface area contributed by atoms with Gasteiger partial charge < -0.3 is 9.64 Å². The summed E-state index contributed by atoms with van der Waals surface area (Å²) >= 11 is 3.25. The van der Waals surface area contributed by atoms with Crippen molar-refractivity contribution >= 4 is 28.6 Å². The van der Waals surface area contributed by atoms with Gasteiger partial charge in [-0.25, -0.2) is 4.98 Å². The highest BCUT2D eigenvalue weighted by Gasteiger charge is 2.19. The zero-order chi connectivity index (χ0) is 17.8. The lowest BCUT2D eigenvalue weighted by Crippen LogP contribution is -2.31. The van der Waals surface area contributed by atoms with Gasteiger partial charge >= 0.3 is 0 Å². The van der Waals surface area contributed by atoms with Crippen molar-refractivity contribution in [2.24, 2.45) is 0 Å². The summed E-state index contributed by atoms with van der Waals surface area (Å²) in [6.45, 7) is 2.03. The molecular weight excluding hydrogens is 352 g/mol. The van der Waals surface area contributed by atoms with Crippen LogP contribution in [0.4, 0.5) is 0 Å². The third-order valence-corrected chi connectivity index (χ3v) is 6.12. The number of hydrogen-bond acceptors (Lipinski definition) is 5. The third kappa shape index (κ3) is 4.08. The van der Waals surface area contributed by atoms with Crippen molar-refractivity contribution in [1.29, 1.82) is 0 Å². The smallest absolute Gasteiger partial charge is 0.228 e. The predicted molar refractivity (Wildman–Crippen MR) is 103 cm³/mol. The average Bonchev–Trinajstić information content (AvgIpc) is 3.32. The highest BCUT2D eigenvalue weighted by molar-refractivity contribution is 7.20. The van der Waals surface area contributed by atoms with E-state index in [9.17, 15) is 4.79 Å². The summed E-state index contributed by atoms with van der Waals surface area (Å²) in [4.78, 5) is 20.1. The monoisotopic (exact) mass is 372 g/mol. The number of nitrogens with zero attached hydrogens (tertiary/aromatic N) is 2. The highest BCUT2D eigenvalue weighted by atomic mass is 32.1. The Morgan fingerprint density at radius 2 is 2.00 bits per heavy atom. The number of amides is 1. The number of ether oxygens (including phenoxy) is 1. The maximum atomic E-state index is 12.6. The molecule has 0 bridgehead atoms. The first kappa shape index (κ1) is 17.6. The Balaban J connectivity index is 1.65. The van der Waals surface area contributed by atoms with Crippen molar-refractivity contribution in [3.63, 3.8) is 0 Å². The summed E-state index contributed by atoms with van der Waals surface area (Å²) in [5.41, 5.74) is 1.90. The van der Waals surface area contributed by atoms with Crippen LogP contribution in [-0.2, 0) is 11.2 Å². The number of benzene rings is 1. The molecule has 1 aromatic carbocycles. The molecule has 2 heterocycles. The van der Waals surface area contributed by atoms with Crippen molar-refractivity contribution in [2.75, 3.05) is 14.2 Å². The predicted octanol–water partition coefficient (Wildman–Crippen LogP) is 4.64. The molecule has 0 aliphatic heterocycles. The van der Waals surface area contributed by atoms with E-state index in [1.807, 2.05) is 61.1 Å². The first-order valence-corrected chi connectivity index (χ1v) is 9.72. The average molecular weight is 373 g/mol. The van der Waals surface area contributed by atoms with E-state index in [0.717, 1.165) is 26.9 Å². The van der Waals surface area contributed by atoms with E-state index in [1.54, 1.807) is 34.7 Å². The largest absolute Gasteiger partial charge is 0.497 e. The zero-order valence-electron chi connectivity index (χ0n) is 14.4. The number of likely N-dealkylation sites (N-methyl/N-ethyl adjacent to an activating group) is 1. The second kappa shape index (κ2) is 7.80.